The zero-order valence-electron chi connectivity index (χ0n) is 8.96. The third kappa shape index (κ3) is 5.60. The molecule has 0 aliphatic heterocycles. The molecule has 0 aromatic heterocycles. The van der Waals surface area contributed by atoms with E-state index in [1.165, 1.54) is 0 Å². The zero-order valence-corrected chi connectivity index (χ0v) is 8.96. The Morgan fingerprint density at radius 2 is 2.15 bits per heavy atom. The van der Waals surface area contributed by atoms with Gasteiger partial charge < -0.3 is 15.0 Å². The third-order valence-corrected chi connectivity index (χ3v) is 1.93. The summed E-state index contributed by atoms with van der Waals surface area (Å²) in [7, 11) is 3.45. The summed E-state index contributed by atoms with van der Waals surface area (Å²) < 4.78 is 4.84. The van der Waals surface area contributed by atoms with Gasteiger partial charge in [-0.2, -0.15) is 0 Å². The average Bonchev–Trinajstić information content (AvgIpc) is 2.10. The normalized spacial score (nSPS) is 10.5. The van der Waals surface area contributed by atoms with Gasteiger partial charge in [0.1, 0.15) is 0 Å². The van der Waals surface area contributed by atoms with Gasteiger partial charge in [-0.15, -0.1) is 0 Å². The molecule has 0 aromatic rings. The Bertz CT molecular complexity index is 149. The van der Waals surface area contributed by atoms with Crippen LogP contribution >= 0.6 is 0 Å². The maximum Gasteiger partial charge on any atom is 0.236 e. The van der Waals surface area contributed by atoms with Crippen LogP contribution in [0.1, 0.15) is 13.8 Å². The molecular weight excluding hydrogens is 168 g/mol. The van der Waals surface area contributed by atoms with E-state index in [2.05, 4.69) is 5.32 Å². The number of nitrogens with zero attached hydrogens (tertiary/aromatic N) is 1. The van der Waals surface area contributed by atoms with Gasteiger partial charge in [-0.3, -0.25) is 4.79 Å². The molecular formula is C9H20N2O2. The number of carbonyl (C=O) groups is 1. The van der Waals surface area contributed by atoms with E-state index in [0.717, 1.165) is 0 Å². The lowest BCUT2D eigenvalue weighted by Crippen LogP contribution is -2.40. The molecule has 0 unspecified atom stereocenters. The quantitative estimate of drug-likeness (QED) is 0.601. The fraction of sp³-hybridized carbons (Fsp3) is 0.889. The molecule has 0 saturated heterocycles. The molecule has 0 spiro atoms. The highest BCUT2D eigenvalue weighted by Crippen LogP contribution is 1.92. The van der Waals surface area contributed by atoms with Crippen LogP contribution in [0.2, 0.25) is 0 Å². The fourth-order valence-corrected chi connectivity index (χ4v) is 0.782. The van der Waals surface area contributed by atoms with Gasteiger partial charge in [-0.25, -0.2) is 0 Å². The van der Waals surface area contributed by atoms with Crippen molar-refractivity contribution < 1.29 is 9.53 Å². The highest BCUT2D eigenvalue weighted by atomic mass is 16.5. The van der Waals surface area contributed by atoms with E-state index in [1.54, 1.807) is 12.0 Å². The van der Waals surface area contributed by atoms with Crippen LogP contribution in [0, 0.1) is 0 Å². The van der Waals surface area contributed by atoms with Gasteiger partial charge in [0.05, 0.1) is 13.2 Å². The van der Waals surface area contributed by atoms with Crippen LogP contribution in [0.25, 0.3) is 0 Å². The Labute approximate surface area is 80.2 Å². The van der Waals surface area contributed by atoms with E-state index in [1.807, 2.05) is 20.9 Å². The molecule has 78 valence electrons. The average molecular weight is 188 g/mol. The van der Waals surface area contributed by atoms with Crippen molar-refractivity contribution in [2.45, 2.75) is 19.9 Å². The molecule has 1 N–H and O–H groups in total. The summed E-state index contributed by atoms with van der Waals surface area (Å²) in [6.07, 6.45) is 0. The topological polar surface area (TPSA) is 41.6 Å². The minimum Gasteiger partial charge on any atom is -0.383 e. The van der Waals surface area contributed by atoms with Crippen LogP contribution in [-0.2, 0) is 9.53 Å². The zero-order chi connectivity index (χ0) is 10.3. The van der Waals surface area contributed by atoms with Gasteiger partial charge in [-0.1, -0.05) is 0 Å². The van der Waals surface area contributed by atoms with Gasteiger partial charge in [0.15, 0.2) is 0 Å². The molecule has 4 nitrogen and oxygen atoms in total. The Balaban J connectivity index is 3.50. The summed E-state index contributed by atoms with van der Waals surface area (Å²) in [5.74, 6) is 0.117. The summed E-state index contributed by atoms with van der Waals surface area (Å²) in [5.41, 5.74) is 0. The van der Waals surface area contributed by atoms with Gasteiger partial charge in [0.2, 0.25) is 5.91 Å². The Morgan fingerprint density at radius 3 is 2.62 bits per heavy atom. The first-order chi connectivity index (χ1) is 6.09. The van der Waals surface area contributed by atoms with Gasteiger partial charge in [0.25, 0.3) is 0 Å². The van der Waals surface area contributed by atoms with Gasteiger partial charge >= 0.3 is 0 Å². The summed E-state index contributed by atoms with van der Waals surface area (Å²) in [6.45, 7) is 5.73. The predicted octanol–water partition coefficient (Wildman–Crippen LogP) is 0.0892. The second-order valence-corrected chi connectivity index (χ2v) is 3.27. The number of methoxy groups -OCH3 is 1. The second kappa shape index (κ2) is 6.86. The second-order valence-electron chi connectivity index (χ2n) is 3.27. The third-order valence-electron chi connectivity index (χ3n) is 1.93. The van der Waals surface area contributed by atoms with E-state index >= 15 is 0 Å². The number of likely N-dealkylation sites (N-methyl/N-ethyl adjacent to an activating group) is 1. The fourth-order valence-electron chi connectivity index (χ4n) is 0.782. The molecule has 0 aromatic carbocycles. The number of rotatable bonds is 6. The molecule has 0 saturated carbocycles. The molecule has 0 radical (unpaired) electrons. The Kier molecular flexibility index (Phi) is 6.54. The highest BCUT2D eigenvalue weighted by molar-refractivity contribution is 5.78. The van der Waals surface area contributed by atoms with Crippen LogP contribution in [-0.4, -0.2) is 50.7 Å². The summed E-state index contributed by atoms with van der Waals surface area (Å²) >= 11 is 0. The summed E-state index contributed by atoms with van der Waals surface area (Å²) in [4.78, 5) is 13.1. The van der Waals surface area contributed by atoms with E-state index < -0.39 is 0 Å². The van der Waals surface area contributed by atoms with Crippen molar-refractivity contribution in [3.8, 4) is 0 Å². The molecule has 0 rings (SSSR count). The molecule has 4 heteroatoms. The van der Waals surface area contributed by atoms with Crippen LogP contribution in [0.4, 0.5) is 0 Å². The van der Waals surface area contributed by atoms with E-state index in [-0.39, 0.29) is 11.9 Å². The number of carbonyl (C=O) groups excluding carboxylic acids is 1. The first kappa shape index (κ1) is 12.4. The van der Waals surface area contributed by atoms with Crippen molar-refractivity contribution in [2.75, 3.05) is 33.9 Å². The number of hydrogen-bond donors (Lipinski definition) is 1. The SMILES string of the molecule is COCCNCC(=O)N(C)C(C)C. The van der Waals surface area contributed by atoms with E-state index in [9.17, 15) is 4.79 Å². The largest absolute Gasteiger partial charge is 0.383 e. The van der Waals surface area contributed by atoms with E-state index in [4.69, 9.17) is 4.74 Å². The molecule has 0 heterocycles. The molecule has 0 atom stereocenters. The van der Waals surface area contributed by atoms with Gasteiger partial charge in [0, 0.05) is 26.7 Å². The Hall–Kier alpha value is -0.610. The summed E-state index contributed by atoms with van der Waals surface area (Å²) in [6, 6.07) is 0.261. The molecule has 0 aliphatic carbocycles. The van der Waals surface area contributed by atoms with Gasteiger partial charge in [-0.05, 0) is 13.8 Å². The minimum absolute atomic E-state index is 0.117. The molecule has 1 amide bonds. The predicted molar refractivity (Wildman–Crippen MR) is 52.7 cm³/mol. The standard InChI is InChI=1S/C9H20N2O2/c1-8(2)11(3)9(12)7-10-5-6-13-4/h8,10H,5-7H2,1-4H3. The lowest BCUT2D eigenvalue weighted by molar-refractivity contribution is -0.130. The molecule has 0 aliphatic rings. The number of hydrogen-bond acceptors (Lipinski definition) is 3. The summed E-state index contributed by atoms with van der Waals surface area (Å²) in [5, 5.41) is 3.01. The molecule has 0 fully saturated rings. The monoisotopic (exact) mass is 188 g/mol. The van der Waals surface area contributed by atoms with Crippen molar-refractivity contribution in [1.29, 1.82) is 0 Å². The number of nitrogens with one attached hydrogen (secondary N) is 1. The van der Waals surface area contributed by atoms with Crippen molar-refractivity contribution in [3.63, 3.8) is 0 Å². The van der Waals surface area contributed by atoms with E-state index in [0.29, 0.717) is 19.7 Å². The van der Waals surface area contributed by atoms with Crippen molar-refractivity contribution >= 4 is 5.91 Å². The van der Waals surface area contributed by atoms with Crippen LogP contribution < -0.4 is 5.32 Å². The maximum atomic E-state index is 11.4. The first-order valence-electron chi connectivity index (χ1n) is 4.55. The lowest BCUT2D eigenvalue weighted by atomic mass is 10.3. The number of amides is 1. The molecule has 0 bridgehead atoms. The van der Waals surface area contributed by atoms with Crippen molar-refractivity contribution in [3.05, 3.63) is 0 Å². The Morgan fingerprint density at radius 1 is 1.54 bits per heavy atom. The maximum absolute atomic E-state index is 11.4. The minimum atomic E-state index is 0.117. The smallest absolute Gasteiger partial charge is 0.236 e. The number of ether oxygens (including phenoxy) is 1. The van der Waals surface area contributed by atoms with Crippen molar-refractivity contribution in [2.24, 2.45) is 0 Å². The first-order valence-corrected chi connectivity index (χ1v) is 4.55. The highest BCUT2D eigenvalue weighted by Gasteiger charge is 2.10. The molecule has 13 heavy (non-hydrogen) atoms. The van der Waals surface area contributed by atoms with Crippen LogP contribution in [0.5, 0.6) is 0 Å². The van der Waals surface area contributed by atoms with Crippen molar-refractivity contribution in [1.82, 2.24) is 10.2 Å². The lowest BCUT2D eigenvalue weighted by Gasteiger charge is -2.21. The van der Waals surface area contributed by atoms with Crippen LogP contribution in [0.15, 0.2) is 0 Å². The van der Waals surface area contributed by atoms with Crippen LogP contribution in [0.3, 0.4) is 0 Å².